The summed E-state index contributed by atoms with van der Waals surface area (Å²) in [5.74, 6) is 0.861. The molecule has 2 N–H and O–H groups in total. The van der Waals surface area contributed by atoms with E-state index < -0.39 is 5.60 Å². The third-order valence-corrected chi connectivity index (χ3v) is 6.49. The van der Waals surface area contributed by atoms with Crippen molar-refractivity contribution in [2.75, 3.05) is 6.54 Å². The first-order valence-electron chi connectivity index (χ1n) is 9.77. The summed E-state index contributed by atoms with van der Waals surface area (Å²) >= 11 is 6.43. The van der Waals surface area contributed by atoms with Gasteiger partial charge >= 0.3 is 0 Å². The van der Waals surface area contributed by atoms with Crippen LogP contribution in [0, 0.1) is 5.92 Å². The summed E-state index contributed by atoms with van der Waals surface area (Å²) in [7, 11) is 0. The number of aromatic nitrogens is 1. The SMILES string of the molecule is C[C@@H]1CCC[C@](O)(CNC(=O)c2cc(C3CCC3)n3cccc(Cl)c23)C1. The molecule has 2 aromatic heterocycles. The summed E-state index contributed by atoms with van der Waals surface area (Å²) in [5.41, 5.74) is 1.77. The van der Waals surface area contributed by atoms with E-state index in [1.807, 2.05) is 24.4 Å². The van der Waals surface area contributed by atoms with Gasteiger partial charge in [-0.25, -0.2) is 0 Å². The first-order valence-corrected chi connectivity index (χ1v) is 10.1. The molecule has 0 aliphatic heterocycles. The molecule has 2 saturated carbocycles. The molecule has 0 bridgehead atoms. The Hall–Kier alpha value is -1.52. The number of carbonyl (C=O) groups is 1. The molecule has 140 valence electrons. The first-order chi connectivity index (χ1) is 12.5. The van der Waals surface area contributed by atoms with Gasteiger partial charge in [-0.2, -0.15) is 0 Å². The third kappa shape index (κ3) is 3.25. The van der Waals surface area contributed by atoms with Gasteiger partial charge in [-0.05, 0) is 55.7 Å². The van der Waals surface area contributed by atoms with Crippen molar-refractivity contribution in [1.29, 1.82) is 0 Å². The minimum absolute atomic E-state index is 0.146. The molecule has 2 atom stereocenters. The van der Waals surface area contributed by atoms with Crippen molar-refractivity contribution in [3.8, 4) is 0 Å². The van der Waals surface area contributed by atoms with Crippen LogP contribution < -0.4 is 5.32 Å². The fourth-order valence-electron chi connectivity index (χ4n) is 4.57. The Kier molecular flexibility index (Phi) is 4.74. The van der Waals surface area contributed by atoms with Crippen LogP contribution in [0.15, 0.2) is 24.4 Å². The molecule has 2 aliphatic rings. The van der Waals surface area contributed by atoms with Gasteiger partial charge in [0.2, 0.25) is 0 Å². The first kappa shape index (κ1) is 17.9. The van der Waals surface area contributed by atoms with E-state index >= 15 is 0 Å². The van der Waals surface area contributed by atoms with Crippen molar-refractivity contribution >= 4 is 23.0 Å². The number of rotatable bonds is 4. The molecule has 2 aliphatic carbocycles. The van der Waals surface area contributed by atoms with Gasteiger partial charge in [0.15, 0.2) is 0 Å². The largest absolute Gasteiger partial charge is 0.388 e. The molecular weight excluding hydrogens is 348 g/mol. The summed E-state index contributed by atoms with van der Waals surface area (Å²) in [4.78, 5) is 12.9. The second-order valence-corrected chi connectivity index (χ2v) is 8.70. The predicted molar refractivity (Wildman–Crippen MR) is 104 cm³/mol. The lowest BCUT2D eigenvalue weighted by atomic mass is 9.79. The summed E-state index contributed by atoms with van der Waals surface area (Å²) in [6, 6.07) is 5.74. The molecule has 4 rings (SSSR count). The zero-order valence-electron chi connectivity index (χ0n) is 15.3. The van der Waals surface area contributed by atoms with Crippen LogP contribution >= 0.6 is 11.6 Å². The average Bonchev–Trinajstić information content (AvgIpc) is 2.92. The number of carbonyl (C=O) groups excluding carboxylic acids is 1. The number of nitrogens with one attached hydrogen (secondary N) is 1. The molecule has 0 saturated heterocycles. The maximum Gasteiger partial charge on any atom is 0.253 e. The van der Waals surface area contributed by atoms with Crippen LogP contribution in [0.1, 0.15) is 73.8 Å². The maximum atomic E-state index is 12.9. The van der Waals surface area contributed by atoms with E-state index in [1.165, 1.54) is 12.1 Å². The van der Waals surface area contributed by atoms with Crippen molar-refractivity contribution in [3.63, 3.8) is 0 Å². The number of hydrogen-bond donors (Lipinski definition) is 2. The molecule has 0 unspecified atom stereocenters. The number of halogens is 1. The highest BCUT2D eigenvalue weighted by Crippen LogP contribution is 2.39. The molecule has 0 spiro atoms. The lowest BCUT2D eigenvalue weighted by Gasteiger charge is -2.35. The zero-order chi connectivity index (χ0) is 18.3. The summed E-state index contributed by atoms with van der Waals surface area (Å²) in [5, 5.41) is 14.4. The number of fused-ring (bicyclic) bond motifs is 1. The maximum absolute atomic E-state index is 12.9. The molecule has 26 heavy (non-hydrogen) atoms. The van der Waals surface area contributed by atoms with Gasteiger partial charge in [-0.15, -0.1) is 0 Å². The lowest BCUT2D eigenvalue weighted by Crippen LogP contribution is -2.45. The van der Waals surface area contributed by atoms with Gasteiger partial charge < -0.3 is 14.8 Å². The number of amides is 1. The zero-order valence-corrected chi connectivity index (χ0v) is 16.1. The van der Waals surface area contributed by atoms with E-state index in [1.54, 1.807) is 0 Å². The predicted octanol–water partition coefficient (Wildman–Crippen LogP) is 4.53. The van der Waals surface area contributed by atoms with Crippen molar-refractivity contribution in [2.45, 2.75) is 63.4 Å². The monoisotopic (exact) mass is 374 g/mol. The van der Waals surface area contributed by atoms with E-state index in [0.717, 1.165) is 44.0 Å². The van der Waals surface area contributed by atoms with Crippen LogP contribution in [-0.4, -0.2) is 27.6 Å². The number of nitrogens with zero attached hydrogens (tertiary/aromatic N) is 1. The Morgan fingerprint density at radius 2 is 2.19 bits per heavy atom. The Morgan fingerprint density at radius 3 is 2.88 bits per heavy atom. The molecule has 2 aromatic rings. The standard InChI is InChI=1S/C21H27ClN2O2/c1-14-5-3-9-21(26,12-14)13-23-20(25)16-11-18(15-6-2-7-15)24-10-4-8-17(22)19(16)24/h4,8,10-11,14-15,26H,2-3,5-7,9,12-13H2,1H3,(H,23,25)/t14-,21-/m1/s1. The van der Waals surface area contributed by atoms with Gasteiger partial charge in [0.1, 0.15) is 0 Å². The molecule has 1 amide bonds. The Bertz CT molecular complexity index is 827. The van der Waals surface area contributed by atoms with Crippen LogP contribution in [0.4, 0.5) is 0 Å². The summed E-state index contributed by atoms with van der Waals surface area (Å²) < 4.78 is 2.07. The summed E-state index contributed by atoms with van der Waals surface area (Å²) in [6.07, 6.45) is 9.23. The highest BCUT2D eigenvalue weighted by atomic mass is 35.5. The highest BCUT2D eigenvalue weighted by Gasteiger charge is 2.33. The van der Waals surface area contributed by atoms with Crippen LogP contribution in [0.3, 0.4) is 0 Å². The van der Waals surface area contributed by atoms with E-state index in [4.69, 9.17) is 11.6 Å². The molecule has 2 fully saturated rings. The van der Waals surface area contributed by atoms with Gasteiger partial charge in [0, 0.05) is 18.4 Å². The Balaban J connectivity index is 1.58. The normalized spacial score (nSPS) is 26.7. The molecular formula is C21H27ClN2O2. The van der Waals surface area contributed by atoms with Crippen molar-refractivity contribution in [3.05, 3.63) is 40.7 Å². The molecule has 0 aromatic carbocycles. The van der Waals surface area contributed by atoms with Crippen LogP contribution in [0.5, 0.6) is 0 Å². The van der Waals surface area contributed by atoms with Crippen molar-refractivity contribution in [2.24, 2.45) is 5.92 Å². The van der Waals surface area contributed by atoms with Crippen molar-refractivity contribution < 1.29 is 9.90 Å². The van der Waals surface area contributed by atoms with Gasteiger partial charge in [0.05, 0.1) is 21.7 Å². The van der Waals surface area contributed by atoms with Crippen LogP contribution in [0.25, 0.3) is 5.52 Å². The third-order valence-electron chi connectivity index (χ3n) is 6.18. The fraction of sp³-hybridized carbons (Fsp3) is 0.571. The van der Waals surface area contributed by atoms with Gasteiger partial charge in [0.25, 0.3) is 5.91 Å². The topological polar surface area (TPSA) is 53.7 Å². The summed E-state index contributed by atoms with van der Waals surface area (Å²) in [6.45, 7) is 2.47. The van der Waals surface area contributed by atoms with E-state index in [9.17, 15) is 9.90 Å². The molecule has 2 heterocycles. The average molecular weight is 375 g/mol. The van der Waals surface area contributed by atoms with Crippen molar-refractivity contribution in [1.82, 2.24) is 9.72 Å². The second kappa shape index (κ2) is 6.90. The highest BCUT2D eigenvalue weighted by molar-refractivity contribution is 6.34. The Morgan fingerprint density at radius 1 is 1.38 bits per heavy atom. The van der Waals surface area contributed by atoms with E-state index in [2.05, 4.69) is 16.6 Å². The second-order valence-electron chi connectivity index (χ2n) is 8.29. The number of hydrogen-bond acceptors (Lipinski definition) is 2. The fourth-order valence-corrected chi connectivity index (χ4v) is 4.83. The van der Waals surface area contributed by atoms with E-state index in [-0.39, 0.29) is 5.91 Å². The van der Waals surface area contributed by atoms with E-state index in [0.29, 0.717) is 29.0 Å². The lowest BCUT2D eigenvalue weighted by molar-refractivity contribution is -0.0109. The van der Waals surface area contributed by atoms with Gasteiger partial charge in [-0.3, -0.25) is 4.79 Å². The smallest absolute Gasteiger partial charge is 0.253 e. The quantitative estimate of drug-likeness (QED) is 0.825. The minimum Gasteiger partial charge on any atom is -0.388 e. The van der Waals surface area contributed by atoms with Crippen LogP contribution in [0.2, 0.25) is 5.02 Å². The molecule has 4 nitrogen and oxygen atoms in total. The molecule has 5 heteroatoms. The van der Waals surface area contributed by atoms with Gasteiger partial charge in [-0.1, -0.05) is 37.8 Å². The minimum atomic E-state index is -0.788. The molecule has 0 radical (unpaired) electrons. The van der Waals surface area contributed by atoms with Crippen LogP contribution in [-0.2, 0) is 0 Å². The Labute approximate surface area is 159 Å². The number of aliphatic hydroxyl groups is 1. The number of pyridine rings is 1.